The van der Waals surface area contributed by atoms with E-state index >= 15 is 0 Å². The molecule has 6 heteroatoms. The van der Waals surface area contributed by atoms with Gasteiger partial charge in [0, 0.05) is 0 Å². The number of carbonyl (C=O) groups excluding carboxylic acids is 1. The van der Waals surface area contributed by atoms with Crippen LogP contribution < -0.4 is 0 Å². The van der Waals surface area contributed by atoms with E-state index in [1.807, 2.05) is 0 Å². The Morgan fingerprint density at radius 3 is 2.75 bits per heavy atom. The molecule has 0 rings (SSSR count). The number of hydrogen-bond acceptors (Lipinski definition) is 6. The fraction of sp³-hybridized carbons (Fsp3) is 0.833. The largest absolute Gasteiger partial charge is 0.394 e. The summed E-state index contributed by atoms with van der Waals surface area (Å²) in [5.74, 6) is 0. The molecule has 0 unspecified atom stereocenters. The van der Waals surface area contributed by atoms with E-state index < -0.39 is 37.1 Å². The fourth-order valence-corrected chi connectivity index (χ4v) is 0.299. The van der Waals surface area contributed by atoms with Gasteiger partial charge in [-0.05, 0) is 0 Å². The van der Waals surface area contributed by atoms with Gasteiger partial charge in [-0.1, -0.05) is 0 Å². The van der Waals surface area contributed by atoms with Crippen molar-refractivity contribution in [2.24, 2.45) is 0 Å². The number of carbonyl (C=O) groups is 1. The van der Waals surface area contributed by atoms with Crippen LogP contribution in [0.1, 0.15) is 9.60 Å². The van der Waals surface area contributed by atoms with E-state index in [1.165, 1.54) is 0 Å². The van der Waals surface area contributed by atoms with E-state index in [2.05, 4.69) is 25.5 Å². The smallest absolute Gasteiger partial charge is 0.211 e. The first-order valence-corrected chi connectivity index (χ1v) is 2.47. The van der Waals surface area contributed by atoms with Gasteiger partial charge in [0.15, 0.2) is 6.26 Å². The van der Waals surface area contributed by atoms with Gasteiger partial charge in [-0.25, -0.2) is 0 Å². The molecule has 0 radical (unpaired) electrons. The van der Waals surface area contributed by atoms with Crippen molar-refractivity contribution < 1.29 is 39.9 Å². The molecule has 0 aliphatic heterocycles. The van der Waals surface area contributed by atoms with Crippen LogP contribution in [0.25, 0.3) is 0 Å². The molecule has 0 aliphatic carbocycles. The molecule has 5 N–H and O–H groups in total. The number of hydrogen-bond donors (Lipinski definition) is 5. The molecule has 0 aromatic heterocycles. The van der Waals surface area contributed by atoms with Gasteiger partial charge in [0.1, 0.15) is 25.7 Å². The summed E-state index contributed by atoms with van der Waals surface area (Å²) in [5.41, 5.74) is 0. The second-order valence-electron chi connectivity index (χ2n) is 1.52. The normalized spacial score (nSPS) is 46.7. The van der Waals surface area contributed by atoms with Crippen LogP contribution in [0.5, 0.6) is 0 Å². The zero-order chi connectivity index (χ0) is 19.6. The molecular weight excluding hydrogens is 174 g/mol. The minimum atomic E-state index is -4.16. The highest BCUT2D eigenvalue weighted by Crippen LogP contribution is 2.02. The summed E-state index contributed by atoms with van der Waals surface area (Å²) in [6.07, 6.45) is -18.5. The van der Waals surface area contributed by atoms with Crippen molar-refractivity contribution >= 4 is 6.26 Å². The van der Waals surface area contributed by atoms with Crippen LogP contribution in [-0.2, 0) is 4.79 Å². The zero-order valence-electron chi connectivity index (χ0n) is 17.4. The SMILES string of the molecule is [2H]O[13C]([2H])([2H])[13C@@]([2H])(O[2H])[13C@@]([2H])(O[2H])[13C@]([2H])(O[2H])[13C@@]([2H])(O[2H])[13C]([2H])=O. The average molecular weight is 198 g/mol. The Morgan fingerprint density at radius 1 is 1.50 bits per heavy atom. The first-order valence-electron chi connectivity index (χ1n) is 8.02. The highest BCUT2D eigenvalue weighted by Gasteiger charge is 2.29. The lowest BCUT2D eigenvalue weighted by molar-refractivity contribution is -0.136. The Labute approximate surface area is 86.0 Å². The highest BCUT2D eigenvalue weighted by molar-refractivity contribution is 5.56. The predicted molar refractivity (Wildman–Crippen MR) is 37.2 cm³/mol. The minimum absolute atomic E-state index is 2.27. The van der Waals surface area contributed by atoms with Crippen LogP contribution in [0.3, 0.4) is 0 Å². The van der Waals surface area contributed by atoms with E-state index in [4.69, 9.17) is 16.8 Å². The first-order chi connectivity index (χ1) is 10.7. The van der Waals surface area contributed by atoms with Crippen molar-refractivity contribution in [3.63, 3.8) is 0 Å². The second-order valence-corrected chi connectivity index (χ2v) is 1.52. The Bertz CT molecular complexity index is 467. The molecule has 6 nitrogen and oxygen atoms in total. The molecule has 0 bridgehead atoms. The van der Waals surface area contributed by atoms with E-state index in [0.29, 0.717) is 0 Å². The highest BCUT2D eigenvalue weighted by atomic mass is 16.6. The van der Waals surface area contributed by atoms with Crippen LogP contribution in [-0.4, -0.2) is 69.8 Å². The van der Waals surface area contributed by atoms with E-state index in [1.54, 1.807) is 0 Å². The summed E-state index contributed by atoms with van der Waals surface area (Å²) in [5, 5.41) is 18.0. The average Bonchev–Trinajstić information content (AvgIpc) is 2.57. The van der Waals surface area contributed by atoms with Gasteiger partial charge in [0.25, 0.3) is 0 Å². The molecule has 0 saturated carbocycles. The maximum Gasteiger partial charge on any atom is 0.211 e. The molecular formula is C6H12O6. The van der Waals surface area contributed by atoms with Gasteiger partial charge in [-0.2, -0.15) is 0 Å². The fourth-order valence-electron chi connectivity index (χ4n) is 0.299. The third-order valence-corrected chi connectivity index (χ3v) is 0.804. The van der Waals surface area contributed by atoms with Gasteiger partial charge >= 0.3 is 0 Å². The molecule has 0 amide bonds. The Hall–Kier alpha value is -0.530. The summed E-state index contributed by atoms with van der Waals surface area (Å²) in [4.78, 5) is 11.2. The van der Waals surface area contributed by atoms with Crippen LogP contribution in [0, 0.1) is 0 Å². The van der Waals surface area contributed by atoms with Crippen molar-refractivity contribution in [3.05, 3.63) is 0 Å². The predicted octanol–water partition coefficient (Wildman–Crippen LogP) is -3.38. The Balaban J connectivity index is 6.79. The van der Waals surface area contributed by atoms with Crippen molar-refractivity contribution in [1.82, 2.24) is 0 Å². The van der Waals surface area contributed by atoms with Crippen molar-refractivity contribution in [2.75, 3.05) is 6.56 Å². The molecule has 72 valence electrons. The van der Waals surface area contributed by atoms with Crippen molar-refractivity contribution in [1.29, 1.82) is 7.16 Å². The van der Waals surface area contributed by atoms with Crippen LogP contribution in [0.4, 0.5) is 0 Å². The first kappa shape index (κ1) is 2.49. The minimum Gasteiger partial charge on any atom is -0.394 e. The zero-order valence-corrected chi connectivity index (χ0v) is 5.45. The number of rotatable bonds is 10. The summed E-state index contributed by atoms with van der Waals surface area (Å²) < 4.78 is 85.6. The molecule has 0 aromatic carbocycles. The van der Waals surface area contributed by atoms with Crippen molar-refractivity contribution in [2.45, 2.75) is 24.3 Å². The lowest BCUT2D eigenvalue weighted by Gasteiger charge is -2.22. The van der Waals surface area contributed by atoms with E-state index in [-0.39, 0.29) is 0 Å². The van der Waals surface area contributed by atoms with E-state index in [0.717, 1.165) is 0 Å². The summed E-state index contributed by atoms with van der Waals surface area (Å²) >= 11 is 0. The molecule has 0 spiro atoms. The van der Waals surface area contributed by atoms with E-state index in [9.17, 15) is 4.79 Å². The van der Waals surface area contributed by atoms with Crippen molar-refractivity contribution in [3.8, 4) is 0 Å². The number of aliphatic hydroxyl groups is 5. The van der Waals surface area contributed by atoms with Gasteiger partial charge in [-0.15, -0.1) is 0 Å². The molecule has 0 saturated heterocycles. The maximum atomic E-state index is 11.2. The maximum absolute atomic E-state index is 11.2. The van der Waals surface area contributed by atoms with Gasteiger partial charge < -0.3 is 30.3 Å². The monoisotopic (exact) mass is 198 g/mol. The third-order valence-electron chi connectivity index (χ3n) is 0.804. The molecule has 0 aliphatic rings. The van der Waals surface area contributed by atoms with Gasteiger partial charge in [0.05, 0.1) is 14.8 Å². The number of aldehydes is 1. The Morgan fingerprint density at radius 2 is 2.33 bits per heavy atom. The van der Waals surface area contributed by atoms with Gasteiger partial charge in [0.2, 0.25) is 7.16 Å². The molecule has 0 fully saturated rings. The molecule has 0 aromatic rings. The lowest BCUT2D eigenvalue weighted by Crippen LogP contribution is -2.46. The standard InChI is InChI=1S/C6H12O6/c7-1-3(9)5(11)6(12)4(10)2-8/h1,3-6,8-12H,2H2/t3-,4+,5+,6+/m0/s1/i1+1D,2+1D2,3+1D,4+1D,5+1D,6+1D,8D,9D,10D,11D,12D. The molecule has 4 atom stereocenters. The van der Waals surface area contributed by atoms with Crippen LogP contribution in [0.15, 0.2) is 0 Å². The van der Waals surface area contributed by atoms with Gasteiger partial charge in [-0.3, -0.25) is 0 Å². The second kappa shape index (κ2) is 5.18. The third kappa shape index (κ3) is 2.84. The molecule has 0 heterocycles. The quantitative estimate of drug-likeness (QED) is 0.185. The Kier molecular flexibility index (Phi) is 1.07. The summed E-state index contributed by atoms with van der Waals surface area (Å²) in [6.45, 7) is -3.82. The summed E-state index contributed by atoms with van der Waals surface area (Å²) in [7, 11) is 0. The lowest BCUT2D eigenvalue weighted by atomic mass is 11.0. The van der Waals surface area contributed by atoms with Crippen LogP contribution in [0.2, 0.25) is 0 Å². The summed E-state index contributed by atoms with van der Waals surface area (Å²) in [6, 6.07) is 0. The topological polar surface area (TPSA) is 118 Å². The molecule has 12 heavy (non-hydrogen) atoms. The van der Waals surface area contributed by atoms with Crippen LogP contribution >= 0.6 is 0 Å².